The van der Waals surface area contributed by atoms with E-state index in [0.717, 1.165) is 74.0 Å². The number of hydrogen-bond acceptors (Lipinski definition) is 3. The molecule has 0 saturated carbocycles. The summed E-state index contributed by atoms with van der Waals surface area (Å²) in [7, 11) is 0. The second-order valence-corrected chi connectivity index (χ2v) is 15.4. The van der Waals surface area contributed by atoms with Crippen LogP contribution in [0.25, 0.3) is 82.2 Å². The Hall–Kier alpha value is -7.36. The minimum absolute atomic E-state index is 0.677. The Morgan fingerprint density at radius 2 is 0.948 bits per heavy atom. The fourth-order valence-corrected chi connectivity index (χ4v) is 8.61. The van der Waals surface area contributed by atoms with Gasteiger partial charge in [-0.1, -0.05) is 146 Å². The third-order valence-corrected chi connectivity index (χ3v) is 11.7. The maximum Gasteiger partial charge on any atom is 0.160 e. The molecule has 3 nitrogen and oxygen atoms in total. The van der Waals surface area contributed by atoms with Gasteiger partial charge in [-0.05, 0) is 128 Å². The second kappa shape index (κ2) is 14.0. The lowest BCUT2D eigenvalue weighted by atomic mass is 9.94. The normalized spacial score (nSPS) is 16.6. The summed E-state index contributed by atoms with van der Waals surface area (Å²) >= 11 is 0. The molecule has 1 aliphatic rings. The Bertz CT molecular complexity index is 3350. The largest absolute Gasteiger partial charge is 0.456 e. The van der Waals surface area contributed by atoms with Crippen LogP contribution in [-0.2, 0) is 0 Å². The molecule has 1 aromatic heterocycles. The number of amidine groups is 1. The Morgan fingerprint density at radius 3 is 1.69 bits per heavy atom. The van der Waals surface area contributed by atoms with Crippen molar-refractivity contribution in [2.45, 2.75) is 19.8 Å². The average Bonchev–Trinajstić information content (AvgIpc) is 3.66. The third-order valence-electron chi connectivity index (χ3n) is 11.7. The maximum atomic E-state index is 6.66. The zero-order valence-electron chi connectivity index (χ0n) is 32.1. The van der Waals surface area contributed by atoms with Crippen LogP contribution in [-0.4, -0.2) is 11.5 Å². The molecule has 0 saturated heterocycles. The summed E-state index contributed by atoms with van der Waals surface area (Å²) in [5.41, 5.74) is 12.6. The first-order valence-corrected chi connectivity index (χ1v) is 20.0. The number of benzene rings is 9. The lowest BCUT2D eigenvalue weighted by molar-refractivity contribution is 0.669. The van der Waals surface area contributed by atoms with Crippen LogP contribution in [0.15, 0.2) is 208 Å². The zero-order chi connectivity index (χ0) is 38.6. The molecule has 3 heteroatoms. The number of hydrogen-bond donors (Lipinski definition) is 0. The molecule has 0 aliphatic carbocycles. The van der Waals surface area contributed by atoms with Crippen molar-refractivity contribution in [2.24, 2.45) is 9.98 Å². The van der Waals surface area contributed by atoms with Crippen molar-refractivity contribution in [1.29, 1.82) is 0 Å². The van der Waals surface area contributed by atoms with Gasteiger partial charge in [0.25, 0.3) is 0 Å². The van der Waals surface area contributed by atoms with Gasteiger partial charge in [0.1, 0.15) is 11.2 Å². The summed E-state index contributed by atoms with van der Waals surface area (Å²) in [4.78, 5) is 11.3. The topological polar surface area (TPSA) is 37.9 Å². The van der Waals surface area contributed by atoms with Crippen molar-refractivity contribution < 1.29 is 4.42 Å². The number of nitrogens with zero attached hydrogens (tertiary/aromatic N) is 2. The summed E-state index contributed by atoms with van der Waals surface area (Å²) in [6.45, 7) is 2.23. The van der Waals surface area contributed by atoms with E-state index >= 15 is 0 Å². The molecule has 11 rings (SSSR count). The summed E-state index contributed by atoms with van der Waals surface area (Å²) in [6.07, 6.45) is 1.61. The van der Waals surface area contributed by atoms with Crippen molar-refractivity contribution >= 4 is 71.5 Å². The van der Waals surface area contributed by atoms with Gasteiger partial charge in [0.15, 0.2) is 5.84 Å². The fourth-order valence-electron chi connectivity index (χ4n) is 8.61. The van der Waals surface area contributed by atoms with Crippen LogP contribution < -0.4 is 0 Å². The monoisotopic (exact) mass is 742 g/mol. The summed E-state index contributed by atoms with van der Waals surface area (Å²) in [5, 5.41) is 9.26. The van der Waals surface area contributed by atoms with Crippen LogP contribution in [0.3, 0.4) is 0 Å². The third kappa shape index (κ3) is 6.09. The summed E-state index contributed by atoms with van der Waals surface area (Å²) < 4.78 is 6.66. The molecule has 274 valence electrons. The van der Waals surface area contributed by atoms with Crippen LogP contribution in [0.2, 0.25) is 0 Å². The van der Waals surface area contributed by atoms with Crippen molar-refractivity contribution in [1.82, 2.24) is 0 Å². The number of aliphatic imine (C=N–C) groups is 2. The van der Waals surface area contributed by atoms with E-state index in [1.54, 1.807) is 0 Å². The smallest absolute Gasteiger partial charge is 0.160 e. The molecule has 0 amide bonds. The molecule has 0 atom stereocenters. The molecule has 1 aliphatic heterocycles. The van der Waals surface area contributed by atoms with E-state index in [0.29, 0.717) is 5.84 Å². The van der Waals surface area contributed by atoms with Gasteiger partial charge < -0.3 is 4.42 Å². The molecule has 0 fully saturated rings. The minimum atomic E-state index is 0.677. The van der Waals surface area contributed by atoms with Gasteiger partial charge in [-0.15, -0.1) is 0 Å². The standard InChI is InChI=1S/C55H38N2O/c1-35-19-28-50(45-26-25-42-30-41(23-24-43(42)31-45)36-11-3-2-4-12-36)56-55(57-54(35)46-27-21-38-14-6-8-16-40(38)32-46)49-33-47(44-22-20-37-13-5-7-15-39(37)29-44)34-52-53(49)48-17-9-10-18-51(48)58-52/h2-18,20-27,29-34H,19,28H2,1H3/b54-35+,56-50+,57-55-. The molecular formula is C55H38N2O. The Kier molecular flexibility index (Phi) is 8.18. The van der Waals surface area contributed by atoms with E-state index in [9.17, 15) is 0 Å². The summed E-state index contributed by atoms with van der Waals surface area (Å²) in [5.74, 6) is 0.677. The predicted molar refractivity (Wildman–Crippen MR) is 245 cm³/mol. The molecule has 0 spiro atoms. The van der Waals surface area contributed by atoms with E-state index in [-0.39, 0.29) is 0 Å². The summed E-state index contributed by atoms with van der Waals surface area (Å²) in [6, 6.07) is 67.2. The average molecular weight is 743 g/mol. The molecule has 10 aromatic rings. The number of fused-ring (bicyclic) bond motifs is 6. The highest BCUT2D eigenvalue weighted by Gasteiger charge is 2.22. The van der Waals surface area contributed by atoms with Crippen LogP contribution >= 0.6 is 0 Å². The SMILES string of the molecule is C\C1=C(c2ccc3ccccc3c2)/N=C(c2cc(-c3ccc4ccccc4c3)cc3oc4ccccc4c23)\N=C(\c2ccc3cc(-c4ccccc4)ccc3c2)CC1. The highest BCUT2D eigenvalue weighted by Crippen LogP contribution is 2.39. The van der Waals surface area contributed by atoms with Crippen LogP contribution in [0.4, 0.5) is 0 Å². The van der Waals surface area contributed by atoms with Crippen molar-refractivity contribution in [2.75, 3.05) is 0 Å². The van der Waals surface area contributed by atoms with Crippen molar-refractivity contribution in [3.8, 4) is 22.3 Å². The maximum absolute atomic E-state index is 6.66. The number of furan rings is 1. The van der Waals surface area contributed by atoms with Crippen LogP contribution in [0, 0.1) is 0 Å². The molecule has 58 heavy (non-hydrogen) atoms. The van der Waals surface area contributed by atoms with Gasteiger partial charge in [0.05, 0.1) is 11.4 Å². The molecule has 0 bridgehead atoms. The van der Waals surface area contributed by atoms with Gasteiger partial charge >= 0.3 is 0 Å². The van der Waals surface area contributed by atoms with E-state index < -0.39 is 0 Å². The molecule has 0 N–H and O–H groups in total. The van der Waals surface area contributed by atoms with Gasteiger partial charge in [0.2, 0.25) is 0 Å². The van der Waals surface area contributed by atoms with Gasteiger partial charge in [-0.25, -0.2) is 9.98 Å². The van der Waals surface area contributed by atoms with Crippen LogP contribution in [0.5, 0.6) is 0 Å². The highest BCUT2D eigenvalue weighted by atomic mass is 16.3. The van der Waals surface area contributed by atoms with Gasteiger partial charge in [0, 0.05) is 21.9 Å². The predicted octanol–water partition coefficient (Wildman–Crippen LogP) is 14.8. The minimum Gasteiger partial charge on any atom is -0.456 e. The molecule has 2 heterocycles. The second-order valence-electron chi connectivity index (χ2n) is 15.4. The van der Waals surface area contributed by atoms with E-state index in [1.165, 1.54) is 49.0 Å². The number of allylic oxidation sites excluding steroid dienone is 1. The molecule has 0 radical (unpaired) electrons. The van der Waals surface area contributed by atoms with Crippen LogP contribution in [0.1, 0.15) is 36.5 Å². The first-order valence-electron chi connectivity index (χ1n) is 20.0. The Balaban J connectivity index is 1.14. The van der Waals surface area contributed by atoms with Crippen molar-refractivity contribution in [3.05, 3.63) is 210 Å². The zero-order valence-corrected chi connectivity index (χ0v) is 32.1. The van der Waals surface area contributed by atoms with E-state index in [2.05, 4.69) is 183 Å². The number of para-hydroxylation sites is 1. The van der Waals surface area contributed by atoms with Gasteiger partial charge in [-0.3, -0.25) is 0 Å². The van der Waals surface area contributed by atoms with Crippen molar-refractivity contribution in [3.63, 3.8) is 0 Å². The molecule has 9 aromatic carbocycles. The molecular weight excluding hydrogens is 705 g/mol. The van der Waals surface area contributed by atoms with E-state index in [1.807, 2.05) is 12.1 Å². The first kappa shape index (κ1) is 33.9. The fraction of sp³-hybridized carbons (Fsp3) is 0.0545. The van der Waals surface area contributed by atoms with E-state index in [4.69, 9.17) is 14.4 Å². The Labute approximate surface area is 337 Å². The lowest BCUT2D eigenvalue weighted by Gasteiger charge is -2.18. The number of rotatable bonds is 5. The molecule has 0 unspecified atom stereocenters. The highest BCUT2D eigenvalue weighted by molar-refractivity contribution is 6.23. The lowest BCUT2D eigenvalue weighted by Crippen LogP contribution is -2.11. The van der Waals surface area contributed by atoms with Gasteiger partial charge in [-0.2, -0.15) is 0 Å². The Morgan fingerprint density at radius 1 is 0.397 bits per heavy atom. The first-order chi connectivity index (χ1) is 28.6. The quantitative estimate of drug-likeness (QED) is 0.173.